The number of anilines is 1. The number of aromatic amines is 1. The van der Waals surface area contributed by atoms with Crippen molar-refractivity contribution in [2.45, 2.75) is 6.92 Å². The molecule has 0 saturated heterocycles. The second-order valence-electron chi connectivity index (χ2n) is 5.87. The molecule has 1 heterocycles. The van der Waals surface area contributed by atoms with E-state index >= 15 is 0 Å². The predicted molar refractivity (Wildman–Crippen MR) is 99.9 cm³/mol. The number of para-hydroxylation sites is 1. The van der Waals surface area contributed by atoms with Crippen molar-refractivity contribution in [3.63, 3.8) is 0 Å². The van der Waals surface area contributed by atoms with Crippen molar-refractivity contribution < 1.29 is 4.79 Å². The zero-order valence-corrected chi connectivity index (χ0v) is 13.8. The van der Waals surface area contributed by atoms with Gasteiger partial charge >= 0.3 is 0 Å². The number of hydrogen-bond donors (Lipinski definition) is 2. The lowest BCUT2D eigenvalue weighted by Crippen LogP contribution is -2.12. The van der Waals surface area contributed by atoms with Crippen molar-refractivity contribution in [1.82, 2.24) is 4.98 Å². The van der Waals surface area contributed by atoms with Crippen LogP contribution >= 0.6 is 11.6 Å². The van der Waals surface area contributed by atoms with Crippen molar-refractivity contribution >= 4 is 45.0 Å². The summed E-state index contributed by atoms with van der Waals surface area (Å²) < 4.78 is 0. The van der Waals surface area contributed by atoms with Gasteiger partial charge in [-0.2, -0.15) is 0 Å². The molecule has 4 heteroatoms. The molecule has 0 aliphatic carbocycles. The van der Waals surface area contributed by atoms with Crippen LogP contribution in [0.1, 0.15) is 15.9 Å². The first-order chi connectivity index (χ1) is 11.6. The van der Waals surface area contributed by atoms with Crippen LogP contribution in [-0.2, 0) is 0 Å². The fourth-order valence-electron chi connectivity index (χ4n) is 2.93. The highest BCUT2D eigenvalue weighted by molar-refractivity contribution is 6.34. The van der Waals surface area contributed by atoms with Gasteiger partial charge < -0.3 is 10.3 Å². The molecule has 0 saturated carbocycles. The first-order valence-electron chi connectivity index (χ1n) is 7.70. The number of carbonyl (C=O) groups is 1. The van der Waals surface area contributed by atoms with Gasteiger partial charge in [0.1, 0.15) is 0 Å². The van der Waals surface area contributed by atoms with Crippen LogP contribution in [0, 0.1) is 6.92 Å². The number of halogens is 1. The monoisotopic (exact) mass is 334 g/mol. The number of aromatic nitrogens is 1. The van der Waals surface area contributed by atoms with Gasteiger partial charge in [0, 0.05) is 27.5 Å². The number of aryl methyl sites for hydroxylation is 1. The summed E-state index contributed by atoms with van der Waals surface area (Å²) in [6.07, 6.45) is 0. The fourth-order valence-corrected chi connectivity index (χ4v) is 3.25. The first kappa shape index (κ1) is 14.8. The van der Waals surface area contributed by atoms with Gasteiger partial charge in [0.15, 0.2) is 0 Å². The summed E-state index contributed by atoms with van der Waals surface area (Å²) in [7, 11) is 0. The van der Waals surface area contributed by atoms with Gasteiger partial charge in [0.05, 0.1) is 10.6 Å². The molecule has 2 N–H and O–H groups in total. The minimum absolute atomic E-state index is 0.209. The van der Waals surface area contributed by atoms with Crippen molar-refractivity contribution in [3.8, 4) is 0 Å². The Balaban J connectivity index is 1.71. The number of carbonyl (C=O) groups excluding carboxylic acids is 1. The molecule has 3 nitrogen and oxygen atoms in total. The molecular formula is C20H15ClN2O. The van der Waals surface area contributed by atoms with Crippen LogP contribution in [0.3, 0.4) is 0 Å². The summed E-state index contributed by atoms with van der Waals surface area (Å²) in [6.45, 7) is 1.94. The van der Waals surface area contributed by atoms with Crippen molar-refractivity contribution in [2.75, 3.05) is 5.32 Å². The molecule has 0 radical (unpaired) electrons. The van der Waals surface area contributed by atoms with Gasteiger partial charge in [-0.1, -0.05) is 35.9 Å². The largest absolute Gasteiger partial charge is 0.355 e. The Morgan fingerprint density at radius 3 is 2.58 bits per heavy atom. The minimum Gasteiger partial charge on any atom is -0.355 e. The van der Waals surface area contributed by atoms with Gasteiger partial charge in [-0.25, -0.2) is 0 Å². The summed E-state index contributed by atoms with van der Waals surface area (Å²) in [4.78, 5) is 15.9. The summed E-state index contributed by atoms with van der Waals surface area (Å²) in [6, 6.07) is 19.4. The van der Waals surface area contributed by atoms with Crippen LogP contribution in [-0.4, -0.2) is 10.9 Å². The van der Waals surface area contributed by atoms with Crippen LogP contribution in [0.4, 0.5) is 5.69 Å². The van der Waals surface area contributed by atoms with E-state index in [9.17, 15) is 4.79 Å². The number of H-pyrrole nitrogens is 1. The summed E-state index contributed by atoms with van der Waals surface area (Å²) in [5.41, 5.74) is 4.37. The van der Waals surface area contributed by atoms with Crippen LogP contribution in [0.2, 0.25) is 5.02 Å². The Morgan fingerprint density at radius 1 is 0.958 bits per heavy atom. The number of fused-ring (bicyclic) bond motifs is 3. The van der Waals surface area contributed by atoms with Gasteiger partial charge in [-0.3, -0.25) is 4.79 Å². The molecule has 4 aromatic rings. The average molecular weight is 335 g/mol. The van der Waals surface area contributed by atoms with Gasteiger partial charge in [-0.15, -0.1) is 0 Å². The van der Waals surface area contributed by atoms with Crippen LogP contribution < -0.4 is 5.32 Å². The van der Waals surface area contributed by atoms with E-state index in [2.05, 4.69) is 16.4 Å². The van der Waals surface area contributed by atoms with E-state index in [0.717, 1.165) is 33.1 Å². The van der Waals surface area contributed by atoms with E-state index in [-0.39, 0.29) is 5.91 Å². The normalized spacial score (nSPS) is 11.1. The van der Waals surface area contributed by atoms with E-state index in [0.29, 0.717) is 10.6 Å². The Morgan fingerprint density at radius 2 is 1.75 bits per heavy atom. The van der Waals surface area contributed by atoms with Gasteiger partial charge in [0.2, 0.25) is 0 Å². The van der Waals surface area contributed by atoms with Gasteiger partial charge in [0.25, 0.3) is 5.91 Å². The predicted octanol–water partition coefficient (Wildman–Crippen LogP) is 5.54. The van der Waals surface area contributed by atoms with E-state index in [1.807, 2.05) is 49.4 Å². The topological polar surface area (TPSA) is 44.9 Å². The Kier molecular flexibility index (Phi) is 3.51. The molecule has 0 unspecified atom stereocenters. The van der Waals surface area contributed by atoms with Crippen molar-refractivity contribution in [1.29, 1.82) is 0 Å². The fraction of sp³-hybridized carbons (Fsp3) is 0.0500. The van der Waals surface area contributed by atoms with E-state index in [4.69, 9.17) is 11.6 Å². The molecule has 0 atom stereocenters. The number of hydrogen-bond acceptors (Lipinski definition) is 1. The van der Waals surface area contributed by atoms with Crippen molar-refractivity contribution in [2.24, 2.45) is 0 Å². The Bertz CT molecular complexity index is 1080. The molecule has 0 aliphatic heterocycles. The lowest BCUT2D eigenvalue weighted by Gasteiger charge is -2.08. The standard InChI is InChI=1S/C20H15ClN2O/c1-12-6-8-15(17(21)10-12)20(24)22-13-7-9-19-16(11-13)14-4-2-3-5-18(14)23-19/h2-11,23H,1H3,(H,22,24). The average Bonchev–Trinajstić information content (AvgIpc) is 2.93. The zero-order chi connectivity index (χ0) is 16.7. The van der Waals surface area contributed by atoms with Crippen LogP contribution in [0.15, 0.2) is 60.7 Å². The molecule has 0 spiro atoms. The maximum Gasteiger partial charge on any atom is 0.257 e. The number of nitrogens with one attached hydrogen (secondary N) is 2. The van der Waals surface area contributed by atoms with E-state index in [1.165, 1.54) is 0 Å². The van der Waals surface area contributed by atoms with E-state index in [1.54, 1.807) is 12.1 Å². The maximum atomic E-state index is 12.5. The molecule has 0 fully saturated rings. The third kappa shape index (κ3) is 2.53. The molecule has 1 aromatic heterocycles. The lowest BCUT2D eigenvalue weighted by molar-refractivity contribution is 0.102. The van der Waals surface area contributed by atoms with Crippen LogP contribution in [0.25, 0.3) is 21.8 Å². The lowest BCUT2D eigenvalue weighted by atomic mass is 10.1. The molecule has 24 heavy (non-hydrogen) atoms. The number of benzene rings is 3. The highest BCUT2D eigenvalue weighted by atomic mass is 35.5. The van der Waals surface area contributed by atoms with Crippen molar-refractivity contribution in [3.05, 3.63) is 76.8 Å². The molecular weight excluding hydrogens is 320 g/mol. The Labute approximate surface area is 144 Å². The highest BCUT2D eigenvalue weighted by Gasteiger charge is 2.11. The molecule has 3 aromatic carbocycles. The summed E-state index contributed by atoms with van der Waals surface area (Å²) in [5, 5.41) is 5.60. The Hall–Kier alpha value is -2.78. The molecule has 1 amide bonds. The SMILES string of the molecule is Cc1ccc(C(=O)Nc2ccc3[nH]c4ccccc4c3c2)c(Cl)c1. The number of rotatable bonds is 2. The first-order valence-corrected chi connectivity index (χ1v) is 8.07. The molecule has 0 bridgehead atoms. The third-order valence-electron chi connectivity index (χ3n) is 4.13. The molecule has 4 rings (SSSR count). The quantitative estimate of drug-likeness (QED) is 0.497. The summed E-state index contributed by atoms with van der Waals surface area (Å²) >= 11 is 6.18. The molecule has 118 valence electrons. The number of amides is 1. The second kappa shape index (κ2) is 5.69. The second-order valence-corrected chi connectivity index (χ2v) is 6.28. The summed E-state index contributed by atoms with van der Waals surface area (Å²) in [5.74, 6) is -0.209. The minimum atomic E-state index is -0.209. The maximum absolute atomic E-state index is 12.5. The van der Waals surface area contributed by atoms with Crippen LogP contribution in [0.5, 0.6) is 0 Å². The smallest absolute Gasteiger partial charge is 0.257 e. The zero-order valence-electron chi connectivity index (χ0n) is 13.1. The molecule has 0 aliphatic rings. The van der Waals surface area contributed by atoms with E-state index < -0.39 is 0 Å². The van der Waals surface area contributed by atoms with Gasteiger partial charge in [-0.05, 0) is 48.9 Å². The highest BCUT2D eigenvalue weighted by Crippen LogP contribution is 2.28. The third-order valence-corrected chi connectivity index (χ3v) is 4.45.